The van der Waals surface area contributed by atoms with Gasteiger partial charge in [-0.05, 0) is 17.5 Å². The van der Waals surface area contributed by atoms with Crippen molar-refractivity contribution in [2.75, 3.05) is 45.3 Å². The quantitative estimate of drug-likeness (QED) is 0.885. The highest BCUT2D eigenvalue weighted by atomic mass is 16.5. The smallest absolute Gasteiger partial charge is 0.120 e. The van der Waals surface area contributed by atoms with Crippen molar-refractivity contribution < 1.29 is 9.47 Å². The van der Waals surface area contributed by atoms with Crippen LogP contribution in [0, 0.1) is 5.92 Å². The third-order valence-electron chi connectivity index (χ3n) is 4.17. The predicted octanol–water partition coefficient (Wildman–Crippen LogP) is 2.13. The van der Waals surface area contributed by atoms with E-state index in [9.17, 15) is 0 Å². The minimum Gasteiger partial charge on any atom is -0.497 e. The van der Waals surface area contributed by atoms with Gasteiger partial charge in [0.25, 0.3) is 0 Å². The molecule has 3 rings (SSSR count). The van der Waals surface area contributed by atoms with Gasteiger partial charge in [0.2, 0.25) is 0 Å². The van der Waals surface area contributed by atoms with Crippen LogP contribution in [0.5, 0.6) is 5.75 Å². The maximum absolute atomic E-state index is 5.47. The predicted molar refractivity (Wildman–Crippen MR) is 75.8 cm³/mol. The number of rotatable bonds is 2. The summed E-state index contributed by atoms with van der Waals surface area (Å²) in [6.45, 7) is 7.09. The Labute approximate surface area is 114 Å². The number of morpholine rings is 1. The number of ether oxygens (including phenoxy) is 2. The fourth-order valence-corrected chi connectivity index (χ4v) is 3.17. The fraction of sp³-hybridized carbons (Fsp3) is 0.600. The Bertz CT molecular complexity index is 444. The standard InChI is InChI=1S/C15H22N2O2/c1-11-10-16-14-9-12(18-2)3-4-13(14)15(11)17-5-7-19-8-6-17/h3-4,9,11,15-16H,5-8,10H2,1-2H3. The largest absolute Gasteiger partial charge is 0.497 e. The van der Waals surface area contributed by atoms with Crippen LogP contribution in [0.4, 0.5) is 5.69 Å². The van der Waals surface area contributed by atoms with Gasteiger partial charge in [-0.1, -0.05) is 13.0 Å². The summed E-state index contributed by atoms with van der Waals surface area (Å²) in [5, 5.41) is 3.52. The zero-order chi connectivity index (χ0) is 13.2. The highest BCUT2D eigenvalue weighted by Crippen LogP contribution is 2.39. The Balaban J connectivity index is 1.91. The summed E-state index contributed by atoms with van der Waals surface area (Å²) in [4.78, 5) is 2.56. The molecule has 4 heteroatoms. The maximum Gasteiger partial charge on any atom is 0.120 e. The minimum absolute atomic E-state index is 0.492. The van der Waals surface area contributed by atoms with Gasteiger partial charge in [-0.25, -0.2) is 0 Å². The lowest BCUT2D eigenvalue weighted by atomic mass is 9.88. The molecule has 2 heterocycles. The van der Waals surface area contributed by atoms with Crippen molar-refractivity contribution >= 4 is 5.69 Å². The van der Waals surface area contributed by atoms with Gasteiger partial charge in [0, 0.05) is 37.4 Å². The second-order valence-electron chi connectivity index (χ2n) is 5.40. The molecular weight excluding hydrogens is 240 g/mol. The van der Waals surface area contributed by atoms with Crippen LogP contribution in [-0.2, 0) is 4.74 Å². The normalized spacial score (nSPS) is 27.5. The van der Waals surface area contributed by atoms with Crippen molar-refractivity contribution in [3.63, 3.8) is 0 Å². The zero-order valence-corrected chi connectivity index (χ0v) is 11.7. The molecule has 0 radical (unpaired) electrons. The van der Waals surface area contributed by atoms with Gasteiger partial charge < -0.3 is 14.8 Å². The van der Waals surface area contributed by atoms with E-state index in [1.807, 2.05) is 0 Å². The maximum atomic E-state index is 5.47. The van der Waals surface area contributed by atoms with Crippen LogP contribution in [0.15, 0.2) is 18.2 Å². The molecule has 0 saturated carbocycles. The van der Waals surface area contributed by atoms with Crippen LogP contribution >= 0.6 is 0 Å². The van der Waals surface area contributed by atoms with E-state index in [1.165, 1.54) is 11.3 Å². The van der Waals surface area contributed by atoms with Gasteiger partial charge in [-0.15, -0.1) is 0 Å². The van der Waals surface area contributed by atoms with E-state index in [1.54, 1.807) is 7.11 Å². The monoisotopic (exact) mass is 262 g/mol. The number of hydrogen-bond acceptors (Lipinski definition) is 4. The van der Waals surface area contributed by atoms with Crippen LogP contribution in [0.25, 0.3) is 0 Å². The van der Waals surface area contributed by atoms with E-state index in [0.717, 1.165) is 38.6 Å². The van der Waals surface area contributed by atoms with Gasteiger partial charge in [0.15, 0.2) is 0 Å². The summed E-state index contributed by atoms with van der Waals surface area (Å²) in [6.07, 6.45) is 0. The number of nitrogens with one attached hydrogen (secondary N) is 1. The first-order valence-corrected chi connectivity index (χ1v) is 7.03. The van der Waals surface area contributed by atoms with Crippen LogP contribution in [0.1, 0.15) is 18.5 Å². The third-order valence-corrected chi connectivity index (χ3v) is 4.17. The SMILES string of the molecule is COc1ccc2c(c1)NCC(C)C2N1CCOCC1. The van der Waals surface area contributed by atoms with Crippen molar-refractivity contribution in [3.05, 3.63) is 23.8 Å². The van der Waals surface area contributed by atoms with Gasteiger partial charge in [0.1, 0.15) is 5.75 Å². The molecule has 4 nitrogen and oxygen atoms in total. The lowest BCUT2D eigenvalue weighted by Gasteiger charge is -2.42. The molecular formula is C15H22N2O2. The van der Waals surface area contributed by atoms with E-state index in [-0.39, 0.29) is 0 Å². The Morgan fingerprint density at radius 2 is 2.11 bits per heavy atom. The second-order valence-corrected chi connectivity index (χ2v) is 5.40. The van der Waals surface area contributed by atoms with E-state index in [2.05, 4.69) is 35.3 Å². The molecule has 1 fully saturated rings. The Morgan fingerprint density at radius 1 is 1.32 bits per heavy atom. The van der Waals surface area contributed by atoms with E-state index < -0.39 is 0 Å². The molecule has 0 bridgehead atoms. The first-order valence-electron chi connectivity index (χ1n) is 7.03. The Kier molecular flexibility index (Phi) is 3.62. The molecule has 2 atom stereocenters. The molecule has 2 aliphatic rings. The van der Waals surface area contributed by atoms with Gasteiger partial charge in [-0.2, -0.15) is 0 Å². The molecule has 0 spiro atoms. The molecule has 1 N–H and O–H groups in total. The molecule has 2 unspecified atom stereocenters. The summed E-state index contributed by atoms with van der Waals surface area (Å²) >= 11 is 0. The lowest BCUT2D eigenvalue weighted by Crippen LogP contribution is -2.44. The molecule has 1 aromatic carbocycles. The van der Waals surface area contributed by atoms with Crippen molar-refractivity contribution in [3.8, 4) is 5.75 Å². The molecule has 2 aliphatic heterocycles. The average Bonchev–Trinajstić information content (AvgIpc) is 2.47. The number of nitrogens with zero attached hydrogens (tertiary/aromatic N) is 1. The average molecular weight is 262 g/mol. The highest BCUT2D eigenvalue weighted by Gasteiger charge is 2.32. The number of benzene rings is 1. The minimum atomic E-state index is 0.492. The topological polar surface area (TPSA) is 33.7 Å². The second kappa shape index (κ2) is 5.39. The molecule has 0 aromatic heterocycles. The van der Waals surface area contributed by atoms with Crippen LogP contribution < -0.4 is 10.1 Å². The van der Waals surface area contributed by atoms with E-state index in [0.29, 0.717) is 12.0 Å². The van der Waals surface area contributed by atoms with Crippen LogP contribution in [0.3, 0.4) is 0 Å². The summed E-state index contributed by atoms with van der Waals surface area (Å²) in [5.41, 5.74) is 2.61. The van der Waals surface area contributed by atoms with Crippen molar-refractivity contribution in [2.45, 2.75) is 13.0 Å². The van der Waals surface area contributed by atoms with Crippen molar-refractivity contribution in [1.29, 1.82) is 0 Å². The molecule has 104 valence electrons. The molecule has 19 heavy (non-hydrogen) atoms. The van der Waals surface area contributed by atoms with E-state index in [4.69, 9.17) is 9.47 Å². The van der Waals surface area contributed by atoms with Crippen molar-refractivity contribution in [1.82, 2.24) is 4.90 Å². The zero-order valence-electron chi connectivity index (χ0n) is 11.7. The highest BCUT2D eigenvalue weighted by molar-refractivity contribution is 5.58. The molecule has 1 aromatic rings. The molecule has 1 saturated heterocycles. The van der Waals surface area contributed by atoms with Gasteiger partial charge >= 0.3 is 0 Å². The Hall–Kier alpha value is -1.26. The summed E-state index contributed by atoms with van der Waals surface area (Å²) in [5.74, 6) is 1.53. The van der Waals surface area contributed by atoms with E-state index >= 15 is 0 Å². The number of methoxy groups -OCH3 is 1. The van der Waals surface area contributed by atoms with Gasteiger partial charge in [-0.3, -0.25) is 4.90 Å². The van der Waals surface area contributed by atoms with Gasteiger partial charge in [0.05, 0.1) is 20.3 Å². The fourth-order valence-electron chi connectivity index (χ4n) is 3.17. The lowest BCUT2D eigenvalue weighted by molar-refractivity contribution is 0.00418. The third kappa shape index (κ3) is 2.42. The summed E-state index contributed by atoms with van der Waals surface area (Å²) in [7, 11) is 1.71. The first kappa shape index (κ1) is 12.8. The Morgan fingerprint density at radius 3 is 2.84 bits per heavy atom. The number of fused-ring (bicyclic) bond motifs is 1. The van der Waals surface area contributed by atoms with Crippen molar-refractivity contribution in [2.24, 2.45) is 5.92 Å². The summed E-state index contributed by atoms with van der Waals surface area (Å²) in [6, 6.07) is 6.86. The number of anilines is 1. The number of hydrogen-bond donors (Lipinski definition) is 1. The van der Waals surface area contributed by atoms with Crippen LogP contribution in [0.2, 0.25) is 0 Å². The molecule has 0 amide bonds. The first-order chi connectivity index (χ1) is 9.29. The van der Waals surface area contributed by atoms with Crippen LogP contribution in [-0.4, -0.2) is 44.9 Å². The summed E-state index contributed by atoms with van der Waals surface area (Å²) < 4.78 is 10.8. The molecule has 0 aliphatic carbocycles.